The molecule has 5 rings (SSSR count). The van der Waals surface area contributed by atoms with Crippen molar-refractivity contribution in [3.05, 3.63) is 51.4 Å². The van der Waals surface area contributed by atoms with Crippen molar-refractivity contribution >= 4 is 34.8 Å². The number of carbonyl (C=O) groups excluding carboxylic acids is 2. The molecule has 0 saturated carbocycles. The third-order valence-electron chi connectivity index (χ3n) is 4.97. The number of benzene rings is 1. The van der Waals surface area contributed by atoms with E-state index in [0.29, 0.717) is 30.2 Å². The van der Waals surface area contributed by atoms with Gasteiger partial charge in [-0.05, 0) is 31.0 Å². The molecule has 5 nitrogen and oxygen atoms in total. The zero-order valence-electron chi connectivity index (χ0n) is 13.6. The Bertz CT molecular complexity index is 795. The summed E-state index contributed by atoms with van der Waals surface area (Å²) >= 11 is 7.55. The first-order valence-corrected chi connectivity index (χ1v) is 9.66. The van der Waals surface area contributed by atoms with Crippen molar-refractivity contribution in [1.82, 2.24) is 14.8 Å². The zero-order valence-corrected chi connectivity index (χ0v) is 15.2. The summed E-state index contributed by atoms with van der Waals surface area (Å²) in [6.07, 6.45) is 1.77. The van der Waals surface area contributed by atoms with E-state index in [1.807, 2.05) is 15.2 Å². The summed E-state index contributed by atoms with van der Waals surface area (Å²) < 4.78 is 0. The van der Waals surface area contributed by atoms with Crippen LogP contribution < -0.4 is 0 Å². The molecule has 0 N–H and O–H groups in total. The molecule has 0 radical (unpaired) electrons. The van der Waals surface area contributed by atoms with Gasteiger partial charge in [-0.3, -0.25) is 9.59 Å². The maximum atomic E-state index is 12.9. The lowest BCUT2D eigenvalue weighted by Crippen LogP contribution is -2.47. The summed E-state index contributed by atoms with van der Waals surface area (Å²) in [6.45, 7) is 1.58. The molecule has 2 amide bonds. The van der Waals surface area contributed by atoms with Crippen LogP contribution in [0.1, 0.15) is 28.9 Å². The Morgan fingerprint density at radius 3 is 2.96 bits per heavy atom. The first-order chi connectivity index (χ1) is 12.1. The van der Waals surface area contributed by atoms with E-state index < -0.39 is 0 Å². The summed E-state index contributed by atoms with van der Waals surface area (Å²) in [5.41, 5.74) is 3.27. The molecule has 0 aliphatic carbocycles. The summed E-state index contributed by atoms with van der Waals surface area (Å²) in [6, 6.07) is 7.04. The third kappa shape index (κ3) is 3.28. The first kappa shape index (κ1) is 16.5. The average molecular weight is 376 g/mol. The number of hydrogen-bond donors (Lipinski definition) is 0. The molecule has 2 atom stereocenters. The molecule has 7 heteroatoms. The van der Waals surface area contributed by atoms with Gasteiger partial charge in [0, 0.05) is 35.1 Å². The molecular formula is C18H18ClN3O2S. The Balaban J connectivity index is 1.56. The molecular weight excluding hydrogens is 358 g/mol. The summed E-state index contributed by atoms with van der Waals surface area (Å²) in [7, 11) is 0. The number of piperidine rings is 1. The van der Waals surface area contributed by atoms with Crippen LogP contribution in [0.15, 0.2) is 35.2 Å². The largest absolute Gasteiger partial charge is 0.336 e. The normalized spacial score (nSPS) is 23.0. The minimum Gasteiger partial charge on any atom is -0.336 e. The Hall–Kier alpha value is -1.92. The predicted molar refractivity (Wildman–Crippen MR) is 96.5 cm³/mol. The number of amides is 2. The van der Waals surface area contributed by atoms with E-state index in [1.165, 1.54) is 11.3 Å². The highest BCUT2D eigenvalue weighted by Crippen LogP contribution is 2.31. The summed E-state index contributed by atoms with van der Waals surface area (Å²) in [5.74, 6) is -0.0335. The Morgan fingerprint density at radius 2 is 2.20 bits per heavy atom. The fourth-order valence-corrected chi connectivity index (χ4v) is 4.45. The van der Waals surface area contributed by atoms with Gasteiger partial charge in [0.05, 0.1) is 23.7 Å². The van der Waals surface area contributed by atoms with Gasteiger partial charge in [0.15, 0.2) is 0 Å². The molecule has 0 unspecified atom stereocenters. The van der Waals surface area contributed by atoms with Crippen LogP contribution in [-0.2, 0) is 11.3 Å². The van der Waals surface area contributed by atoms with E-state index >= 15 is 0 Å². The van der Waals surface area contributed by atoms with E-state index in [2.05, 4.69) is 4.98 Å². The van der Waals surface area contributed by atoms with Crippen molar-refractivity contribution in [2.24, 2.45) is 5.92 Å². The fourth-order valence-electron chi connectivity index (χ4n) is 3.71. The highest BCUT2D eigenvalue weighted by molar-refractivity contribution is 7.07. The van der Waals surface area contributed by atoms with Gasteiger partial charge in [0.2, 0.25) is 5.91 Å². The predicted octanol–water partition coefficient (Wildman–Crippen LogP) is 3.06. The minimum atomic E-state index is -0.125. The lowest BCUT2D eigenvalue weighted by Gasteiger charge is -2.35. The first-order valence-electron chi connectivity index (χ1n) is 8.34. The number of fused-ring (bicyclic) bond motifs is 4. The van der Waals surface area contributed by atoms with E-state index in [-0.39, 0.29) is 23.8 Å². The molecule has 1 aromatic heterocycles. The molecule has 130 valence electrons. The van der Waals surface area contributed by atoms with Crippen LogP contribution in [0, 0.1) is 5.92 Å². The number of halogens is 1. The molecule has 3 aliphatic heterocycles. The summed E-state index contributed by atoms with van der Waals surface area (Å²) in [5, 5.41) is 2.52. The van der Waals surface area contributed by atoms with Gasteiger partial charge in [-0.15, -0.1) is 11.3 Å². The van der Waals surface area contributed by atoms with Gasteiger partial charge in [-0.25, -0.2) is 4.98 Å². The number of rotatable bonds is 3. The Labute approximate surface area is 155 Å². The molecule has 0 spiro atoms. The van der Waals surface area contributed by atoms with Crippen molar-refractivity contribution in [3.63, 3.8) is 0 Å². The lowest BCUT2D eigenvalue weighted by molar-refractivity contribution is -0.140. The van der Waals surface area contributed by atoms with Crippen LogP contribution in [0.5, 0.6) is 0 Å². The van der Waals surface area contributed by atoms with Gasteiger partial charge in [0.25, 0.3) is 5.91 Å². The van der Waals surface area contributed by atoms with Gasteiger partial charge < -0.3 is 9.80 Å². The monoisotopic (exact) mass is 375 g/mol. The van der Waals surface area contributed by atoms with Gasteiger partial charge in [0.1, 0.15) is 0 Å². The van der Waals surface area contributed by atoms with Crippen LogP contribution in [0.4, 0.5) is 0 Å². The van der Waals surface area contributed by atoms with Gasteiger partial charge in [-0.2, -0.15) is 0 Å². The zero-order chi connectivity index (χ0) is 17.4. The maximum absolute atomic E-state index is 12.9. The number of aromatic nitrogens is 1. The van der Waals surface area contributed by atoms with Gasteiger partial charge in [-0.1, -0.05) is 17.7 Å². The second-order valence-corrected chi connectivity index (χ2v) is 7.75. The third-order valence-corrected chi connectivity index (χ3v) is 5.84. The highest BCUT2D eigenvalue weighted by Gasteiger charge is 2.42. The van der Waals surface area contributed by atoms with Crippen LogP contribution in [-0.4, -0.2) is 45.7 Å². The topological polar surface area (TPSA) is 53.5 Å². The molecule has 2 aromatic rings. The maximum Gasteiger partial charge on any atom is 0.253 e. The molecule has 2 bridgehead atoms. The average Bonchev–Trinajstić information content (AvgIpc) is 2.97. The molecule has 4 heterocycles. The SMILES string of the molecule is O=C(c1cccc(Cl)c1)N1C[C@@H]2CC[C@H](C1)N(Cc1cscn1)C2=O. The highest BCUT2D eigenvalue weighted by atomic mass is 35.5. The molecule has 25 heavy (non-hydrogen) atoms. The van der Waals surface area contributed by atoms with E-state index in [9.17, 15) is 9.59 Å². The van der Waals surface area contributed by atoms with Crippen molar-refractivity contribution in [3.8, 4) is 0 Å². The second kappa shape index (κ2) is 6.77. The van der Waals surface area contributed by atoms with Crippen LogP contribution in [0.3, 0.4) is 0 Å². The Kier molecular flexibility index (Phi) is 4.48. The fraction of sp³-hybridized carbons (Fsp3) is 0.389. The molecule has 3 fully saturated rings. The summed E-state index contributed by atoms with van der Waals surface area (Å²) in [4.78, 5) is 33.7. The van der Waals surface area contributed by atoms with E-state index in [1.54, 1.807) is 29.8 Å². The number of hydrogen-bond acceptors (Lipinski definition) is 4. The van der Waals surface area contributed by atoms with Crippen molar-refractivity contribution < 1.29 is 9.59 Å². The number of nitrogens with zero attached hydrogens (tertiary/aromatic N) is 3. The smallest absolute Gasteiger partial charge is 0.253 e. The number of carbonyl (C=O) groups is 2. The quantitative estimate of drug-likeness (QED) is 0.828. The van der Waals surface area contributed by atoms with E-state index in [0.717, 1.165) is 18.5 Å². The Morgan fingerprint density at radius 1 is 1.32 bits per heavy atom. The van der Waals surface area contributed by atoms with Crippen molar-refractivity contribution in [2.45, 2.75) is 25.4 Å². The second-order valence-electron chi connectivity index (χ2n) is 6.59. The van der Waals surface area contributed by atoms with Crippen molar-refractivity contribution in [1.29, 1.82) is 0 Å². The van der Waals surface area contributed by atoms with Gasteiger partial charge >= 0.3 is 0 Å². The van der Waals surface area contributed by atoms with Crippen LogP contribution in [0.25, 0.3) is 0 Å². The van der Waals surface area contributed by atoms with Crippen LogP contribution >= 0.6 is 22.9 Å². The molecule has 3 saturated heterocycles. The standard InChI is InChI=1S/C18H18ClN3O2S/c19-14-3-1-2-12(6-14)17(23)21-7-13-4-5-16(9-21)22(18(13)24)8-15-10-25-11-20-15/h1-3,6,10-11,13,16H,4-5,7-9H2/t13-,16+/m0/s1. The minimum absolute atomic E-state index is 0.0519. The molecule has 3 aliphatic rings. The van der Waals surface area contributed by atoms with E-state index in [4.69, 9.17) is 11.6 Å². The van der Waals surface area contributed by atoms with Crippen LogP contribution in [0.2, 0.25) is 5.02 Å². The number of thiazole rings is 1. The lowest BCUT2D eigenvalue weighted by atomic mass is 9.94. The van der Waals surface area contributed by atoms with Crippen molar-refractivity contribution in [2.75, 3.05) is 13.1 Å². The molecule has 1 aromatic carbocycles.